The third-order valence-electron chi connectivity index (χ3n) is 0.818. The minimum Gasteiger partial charge on any atom is -0.508 e. The third kappa shape index (κ3) is 1.10. The number of rotatable bonds is 0. The number of aromatic hydroxyl groups is 1. The van der Waals surface area contributed by atoms with Crippen LogP contribution in [0, 0.1) is 0 Å². The van der Waals surface area contributed by atoms with Crippen LogP contribution < -0.4 is 0 Å². The molecule has 41 valence electrons. The second-order valence-electron chi connectivity index (χ2n) is 1.50. The van der Waals surface area contributed by atoms with Crippen LogP contribution in [-0.4, -0.2) is 5.11 Å². The molecule has 0 amide bonds. The van der Waals surface area contributed by atoms with E-state index in [1.54, 1.807) is 18.2 Å². The first-order valence-electron chi connectivity index (χ1n) is 2.25. The van der Waals surface area contributed by atoms with Gasteiger partial charge in [-0.25, -0.2) is 0 Å². The van der Waals surface area contributed by atoms with Gasteiger partial charge in [0.05, 0.1) is 0 Å². The maximum atomic E-state index is 8.75. The van der Waals surface area contributed by atoms with Crippen molar-refractivity contribution in [3.63, 3.8) is 0 Å². The van der Waals surface area contributed by atoms with Crippen molar-refractivity contribution in [2.75, 3.05) is 0 Å². The van der Waals surface area contributed by atoms with Gasteiger partial charge in [-0.3, -0.25) is 0 Å². The van der Waals surface area contributed by atoms with Crippen LogP contribution in [0.3, 0.4) is 0 Å². The molecule has 0 unspecified atom stereocenters. The molecule has 0 saturated heterocycles. The lowest BCUT2D eigenvalue weighted by atomic mass is 10.3. The minimum absolute atomic E-state index is 0.234. The van der Waals surface area contributed by atoms with Crippen LogP contribution >= 0.6 is 12.6 Å². The molecule has 0 heterocycles. The molecule has 0 aliphatic rings. The molecule has 1 aromatic rings. The Morgan fingerprint density at radius 2 is 2.12 bits per heavy atom. The van der Waals surface area contributed by atoms with Crippen molar-refractivity contribution in [2.45, 2.75) is 4.90 Å². The van der Waals surface area contributed by atoms with Crippen LogP contribution in [0.2, 0.25) is 0 Å². The normalized spacial score (nSPS) is 9.00. The summed E-state index contributed by atoms with van der Waals surface area (Å²) in [4.78, 5) is 0.671. The number of benzene rings is 1. The van der Waals surface area contributed by atoms with E-state index in [1.807, 2.05) is 0 Å². The molecule has 0 aromatic heterocycles. The quantitative estimate of drug-likeness (QED) is 0.562. The van der Waals surface area contributed by atoms with Gasteiger partial charge in [0, 0.05) is 4.90 Å². The molecular weight excluding hydrogens is 120 g/mol. The van der Waals surface area contributed by atoms with E-state index >= 15 is 0 Å². The second-order valence-corrected chi connectivity index (χ2v) is 1.97. The zero-order valence-electron chi connectivity index (χ0n) is 4.16. The largest absolute Gasteiger partial charge is 0.508 e. The van der Waals surface area contributed by atoms with Crippen molar-refractivity contribution < 1.29 is 5.11 Å². The first-order chi connectivity index (χ1) is 3.79. The van der Waals surface area contributed by atoms with Gasteiger partial charge in [0.2, 0.25) is 0 Å². The fourth-order valence-electron chi connectivity index (χ4n) is 0.484. The smallest absolute Gasteiger partial charge is 0.117 e. The maximum Gasteiger partial charge on any atom is 0.117 e. The first kappa shape index (κ1) is 5.38. The van der Waals surface area contributed by atoms with Crippen molar-refractivity contribution in [1.82, 2.24) is 0 Å². The van der Waals surface area contributed by atoms with E-state index in [4.69, 9.17) is 17.7 Å². The van der Waals surface area contributed by atoms with Gasteiger partial charge in [0.1, 0.15) is 5.75 Å². The van der Waals surface area contributed by atoms with Crippen molar-refractivity contribution >= 4 is 12.6 Å². The Kier molecular flexibility index (Phi) is 1.35. The number of phenols is 1. The summed E-state index contributed by atoms with van der Waals surface area (Å²) >= 11 is 4.74. The Bertz CT molecular complexity index is 168. The zero-order valence-corrected chi connectivity index (χ0v) is 4.98. The predicted octanol–water partition coefficient (Wildman–Crippen LogP) is 1.95. The molecule has 0 spiro atoms. The Hall–Kier alpha value is -0.760. The van der Waals surface area contributed by atoms with Gasteiger partial charge in [-0.2, -0.15) is 0 Å². The first-order valence-corrected chi connectivity index (χ1v) is 2.66. The highest BCUT2D eigenvalue weighted by Gasteiger charge is 1.85. The Morgan fingerprint density at radius 1 is 1.38 bits per heavy atom. The van der Waals surface area contributed by atoms with Crippen molar-refractivity contribution in [3.05, 3.63) is 24.3 Å². The molecule has 1 nitrogen and oxygen atoms in total. The molecular formula is C6H5OS. The van der Waals surface area contributed by atoms with E-state index in [9.17, 15) is 0 Å². The Balaban J connectivity index is 3.08. The third-order valence-corrected chi connectivity index (χ3v) is 1.07. The van der Waals surface area contributed by atoms with Crippen molar-refractivity contribution in [1.29, 1.82) is 0 Å². The topological polar surface area (TPSA) is 20.2 Å². The van der Waals surface area contributed by atoms with Crippen molar-refractivity contribution in [3.8, 4) is 5.75 Å². The van der Waals surface area contributed by atoms with Crippen LogP contribution in [0.4, 0.5) is 0 Å². The monoisotopic (exact) mass is 125 g/mol. The van der Waals surface area contributed by atoms with E-state index < -0.39 is 0 Å². The second kappa shape index (κ2) is 2.01. The lowest BCUT2D eigenvalue weighted by Crippen LogP contribution is -1.62. The van der Waals surface area contributed by atoms with Gasteiger partial charge in [0.15, 0.2) is 0 Å². The molecule has 0 aliphatic carbocycles. The van der Waals surface area contributed by atoms with E-state index in [0.29, 0.717) is 4.90 Å². The van der Waals surface area contributed by atoms with Gasteiger partial charge in [-0.1, -0.05) is 18.7 Å². The van der Waals surface area contributed by atoms with E-state index in [0.717, 1.165) is 0 Å². The molecule has 0 saturated carbocycles. The van der Waals surface area contributed by atoms with E-state index in [-0.39, 0.29) is 5.75 Å². The summed E-state index contributed by atoms with van der Waals surface area (Å²) in [5.41, 5.74) is 0. The van der Waals surface area contributed by atoms with Gasteiger partial charge < -0.3 is 5.11 Å². The highest BCUT2D eigenvalue weighted by molar-refractivity contribution is 7.80. The molecule has 8 heavy (non-hydrogen) atoms. The SMILES string of the molecule is Oc1cccc([S])c1. The highest BCUT2D eigenvalue weighted by atomic mass is 32.1. The minimum atomic E-state index is 0.234. The number of hydrogen-bond donors (Lipinski definition) is 1. The fourth-order valence-corrected chi connectivity index (χ4v) is 0.683. The zero-order chi connectivity index (χ0) is 5.98. The maximum absolute atomic E-state index is 8.75. The standard InChI is InChI=1S/C6H5OS/c7-5-2-1-3-6(8)4-5/h1-4,7H. The summed E-state index contributed by atoms with van der Waals surface area (Å²) in [7, 11) is 0. The summed E-state index contributed by atoms with van der Waals surface area (Å²) in [6, 6.07) is 6.61. The van der Waals surface area contributed by atoms with Gasteiger partial charge >= 0.3 is 0 Å². The van der Waals surface area contributed by atoms with E-state index in [1.165, 1.54) is 6.07 Å². The Labute approximate surface area is 53.4 Å². The average molecular weight is 125 g/mol. The molecule has 1 aromatic carbocycles. The predicted molar refractivity (Wildman–Crippen MR) is 34.0 cm³/mol. The molecule has 0 bridgehead atoms. The van der Waals surface area contributed by atoms with Crippen LogP contribution in [0.25, 0.3) is 0 Å². The summed E-state index contributed by atoms with van der Waals surface area (Å²) in [5, 5.41) is 8.75. The molecule has 0 atom stereocenters. The van der Waals surface area contributed by atoms with Gasteiger partial charge in [-0.15, -0.1) is 0 Å². The summed E-state index contributed by atoms with van der Waals surface area (Å²) in [6.07, 6.45) is 0. The van der Waals surface area contributed by atoms with Crippen molar-refractivity contribution in [2.24, 2.45) is 0 Å². The molecule has 0 fully saturated rings. The molecule has 1 N–H and O–H groups in total. The molecule has 1 rings (SSSR count). The van der Waals surface area contributed by atoms with Crippen LogP contribution in [0.1, 0.15) is 0 Å². The summed E-state index contributed by atoms with van der Waals surface area (Å²) in [5.74, 6) is 0.234. The molecule has 1 radical (unpaired) electrons. The summed E-state index contributed by atoms with van der Waals surface area (Å²) < 4.78 is 0. The number of hydrogen-bond acceptors (Lipinski definition) is 1. The summed E-state index contributed by atoms with van der Waals surface area (Å²) in [6.45, 7) is 0. The van der Waals surface area contributed by atoms with E-state index in [2.05, 4.69) is 0 Å². The number of phenolic OH excluding ortho intramolecular Hbond substituents is 1. The lowest BCUT2D eigenvalue weighted by Gasteiger charge is -1.88. The highest BCUT2D eigenvalue weighted by Crippen LogP contribution is 2.12. The van der Waals surface area contributed by atoms with Crippen LogP contribution in [0.15, 0.2) is 29.2 Å². The van der Waals surface area contributed by atoms with Gasteiger partial charge in [0.25, 0.3) is 0 Å². The van der Waals surface area contributed by atoms with Crippen LogP contribution in [-0.2, 0) is 0 Å². The lowest BCUT2D eigenvalue weighted by molar-refractivity contribution is 0.474. The molecule has 0 aliphatic heterocycles. The average Bonchev–Trinajstić information content (AvgIpc) is 1.64. The Morgan fingerprint density at radius 3 is 2.50 bits per heavy atom. The molecule has 2 heteroatoms. The van der Waals surface area contributed by atoms with Gasteiger partial charge in [-0.05, 0) is 18.2 Å². The van der Waals surface area contributed by atoms with Crippen LogP contribution in [0.5, 0.6) is 5.75 Å². The fraction of sp³-hybridized carbons (Fsp3) is 0.